The Morgan fingerprint density at radius 3 is 2.67 bits per heavy atom. The van der Waals surface area contributed by atoms with E-state index in [9.17, 15) is 9.59 Å². The SMILES string of the molecule is CCc1ccccc1NC(=O)Cn1ccc2cc(OC(C)C)ccc2c1=O. The highest BCUT2D eigenvalue weighted by Crippen LogP contribution is 2.19. The van der Waals surface area contributed by atoms with E-state index < -0.39 is 0 Å². The number of rotatable bonds is 6. The van der Waals surface area contributed by atoms with Crippen LogP contribution >= 0.6 is 0 Å². The van der Waals surface area contributed by atoms with Crippen molar-refractivity contribution in [2.75, 3.05) is 5.32 Å². The summed E-state index contributed by atoms with van der Waals surface area (Å²) >= 11 is 0. The van der Waals surface area contributed by atoms with Gasteiger partial charge in [0.25, 0.3) is 5.56 Å². The summed E-state index contributed by atoms with van der Waals surface area (Å²) in [7, 11) is 0. The number of carbonyl (C=O) groups is 1. The Hall–Kier alpha value is -3.08. The molecule has 0 saturated heterocycles. The molecule has 0 unspecified atom stereocenters. The Morgan fingerprint density at radius 2 is 1.93 bits per heavy atom. The fourth-order valence-corrected chi connectivity index (χ4v) is 3.03. The van der Waals surface area contributed by atoms with Gasteiger partial charge in [-0.3, -0.25) is 9.59 Å². The average molecular weight is 364 g/mol. The second-order valence-electron chi connectivity index (χ2n) is 6.72. The number of pyridine rings is 1. The van der Waals surface area contributed by atoms with Crippen molar-refractivity contribution in [3.8, 4) is 5.75 Å². The first-order valence-electron chi connectivity index (χ1n) is 9.15. The quantitative estimate of drug-likeness (QED) is 0.719. The van der Waals surface area contributed by atoms with Crippen molar-refractivity contribution < 1.29 is 9.53 Å². The van der Waals surface area contributed by atoms with Crippen molar-refractivity contribution in [2.45, 2.75) is 39.8 Å². The van der Waals surface area contributed by atoms with Gasteiger partial charge in [0.15, 0.2) is 0 Å². The first-order chi connectivity index (χ1) is 13.0. The maximum atomic E-state index is 12.7. The lowest BCUT2D eigenvalue weighted by Gasteiger charge is -2.12. The molecule has 0 spiro atoms. The van der Waals surface area contributed by atoms with Gasteiger partial charge in [0.2, 0.25) is 5.91 Å². The highest BCUT2D eigenvalue weighted by Gasteiger charge is 2.10. The predicted molar refractivity (Wildman–Crippen MR) is 108 cm³/mol. The van der Waals surface area contributed by atoms with E-state index in [-0.39, 0.29) is 24.1 Å². The zero-order chi connectivity index (χ0) is 19.4. The molecule has 5 nitrogen and oxygen atoms in total. The molecule has 0 saturated carbocycles. The van der Waals surface area contributed by atoms with Crippen LogP contribution in [0.25, 0.3) is 10.8 Å². The Morgan fingerprint density at radius 1 is 1.15 bits per heavy atom. The molecular formula is C22H24N2O3. The molecule has 0 aliphatic carbocycles. The van der Waals surface area contributed by atoms with Crippen LogP contribution in [0.2, 0.25) is 0 Å². The van der Waals surface area contributed by atoms with Crippen molar-refractivity contribution in [3.63, 3.8) is 0 Å². The second-order valence-corrected chi connectivity index (χ2v) is 6.72. The van der Waals surface area contributed by atoms with E-state index in [2.05, 4.69) is 5.32 Å². The summed E-state index contributed by atoms with van der Waals surface area (Å²) in [5.41, 5.74) is 1.66. The summed E-state index contributed by atoms with van der Waals surface area (Å²) in [4.78, 5) is 25.1. The number of aryl methyl sites for hydroxylation is 1. The number of benzene rings is 2. The molecule has 3 rings (SSSR count). The molecule has 0 atom stereocenters. The van der Waals surface area contributed by atoms with Crippen molar-refractivity contribution in [1.82, 2.24) is 4.57 Å². The van der Waals surface area contributed by atoms with Gasteiger partial charge in [0.1, 0.15) is 12.3 Å². The Bertz CT molecular complexity index is 1020. The molecule has 0 radical (unpaired) electrons. The minimum absolute atomic E-state index is 0.0307. The third-order valence-corrected chi connectivity index (χ3v) is 4.31. The minimum atomic E-state index is -0.225. The Balaban J connectivity index is 1.81. The molecule has 2 aromatic carbocycles. The number of nitrogens with one attached hydrogen (secondary N) is 1. The highest BCUT2D eigenvalue weighted by atomic mass is 16.5. The Labute approximate surface area is 158 Å². The van der Waals surface area contributed by atoms with E-state index in [1.54, 1.807) is 18.3 Å². The van der Waals surface area contributed by atoms with Crippen LogP contribution in [0, 0.1) is 0 Å². The van der Waals surface area contributed by atoms with E-state index in [0.29, 0.717) is 5.39 Å². The topological polar surface area (TPSA) is 60.3 Å². The third-order valence-electron chi connectivity index (χ3n) is 4.31. The van der Waals surface area contributed by atoms with Gasteiger partial charge in [0.05, 0.1) is 6.10 Å². The number of anilines is 1. The number of aromatic nitrogens is 1. The molecule has 0 aliphatic heterocycles. The second kappa shape index (κ2) is 8.08. The van der Waals surface area contributed by atoms with Gasteiger partial charge in [-0.25, -0.2) is 0 Å². The molecule has 140 valence electrons. The first-order valence-corrected chi connectivity index (χ1v) is 9.15. The van der Waals surface area contributed by atoms with Crippen molar-refractivity contribution in [1.29, 1.82) is 0 Å². The first kappa shape index (κ1) is 18.7. The molecule has 0 fully saturated rings. The van der Waals surface area contributed by atoms with E-state index in [1.165, 1.54) is 4.57 Å². The van der Waals surface area contributed by atoms with Gasteiger partial charge >= 0.3 is 0 Å². The largest absolute Gasteiger partial charge is 0.491 e. The summed E-state index contributed by atoms with van der Waals surface area (Å²) < 4.78 is 7.10. The molecular weight excluding hydrogens is 340 g/mol. The van der Waals surface area contributed by atoms with Gasteiger partial charge in [0, 0.05) is 17.3 Å². The molecule has 0 bridgehead atoms. The highest BCUT2D eigenvalue weighted by molar-refractivity contribution is 5.91. The van der Waals surface area contributed by atoms with E-state index in [1.807, 2.05) is 57.2 Å². The van der Waals surface area contributed by atoms with Crippen LogP contribution in [0.5, 0.6) is 5.75 Å². The zero-order valence-electron chi connectivity index (χ0n) is 15.9. The molecule has 1 N–H and O–H groups in total. The van der Waals surface area contributed by atoms with Crippen molar-refractivity contribution in [3.05, 3.63) is 70.6 Å². The number of hydrogen-bond acceptors (Lipinski definition) is 3. The number of nitrogens with zero attached hydrogens (tertiary/aromatic N) is 1. The third kappa shape index (κ3) is 4.37. The fraction of sp³-hybridized carbons (Fsp3) is 0.273. The standard InChI is InChI=1S/C22H24N2O3/c1-4-16-7-5-6-8-20(16)23-21(25)14-24-12-11-17-13-18(27-15(2)3)9-10-19(17)22(24)26/h5-13,15H,4,14H2,1-3H3,(H,23,25). The van der Waals surface area contributed by atoms with Gasteiger partial charge in [-0.05, 0) is 61.5 Å². The van der Waals surface area contributed by atoms with Gasteiger partial charge in [-0.15, -0.1) is 0 Å². The number of amides is 1. The van der Waals surface area contributed by atoms with Gasteiger partial charge in [-0.1, -0.05) is 25.1 Å². The number of fused-ring (bicyclic) bond motifs is 1. The zero-order valence-corrected chi connectivity index (χ0v) is 15.9. The van der Waals surface area contributed by atoms with Crippen molar-refractivity contribution >= 4 is 22.4 Å². The van der Waals surface area contributed by atoms with Crippen LogP contribution in [0.1, 0.15) is 26.3 Å². The van der Waals surface area contributed by atoms with E-state index in [4.69, 9.17) is 4.74 Å². The molecule has 27 heavy (non-hydrogen) atoms. The fourth-order valence-electron chi connectivity index (χ4n) is 3.03. The molecule has 1 aromatic heterocycles. The van der Waals surface area contributed by atoms with E-state index >= 15 is 0 Å². The monoisotopic (exact) mass is 364 g/mol. The van der Waals surface area contributed by atoms with Crippen LogP contribution < -0.4 is 15.6 Å². The number of ether oxygens (including phenoxy) is 1. The summed E-state index contributed by atoms with van der Waals surface area (Å²) in [6, 6.07) is 14.9. The average Bonchev–Trinajstić information content (AvgIpc) is 2.64. The minimum Gasteiger partial charge on any atom is -0.491 e. The summed E-state index contributed by atoms with van der Waals surface area (Å²) in [5, 5.41) is 4.26. The maximum absolute atomic E-state index is 12.7. The van der Waals surface area contributed by atoms with Crippen LogP contribution in [0.4, 0.5) is 5.69 Å². The number of carbonyl (C=O) groups excluding carboxylic acids is 1. The lowest BCUT2D eigenvalue weighted by Crippen LogP contribution is -2.27. The summed E-state index contributed by atoms with van der Waals surface area (Å²) in [5.74, 6) is 0.501. The maximum Gasteiger partial charge on any atom is 0.258 e. The Kier molecular flexibility index (Phi) is 5.60. The molecule has 5 heteroatoms. The molecule has 0 aliphatic rings. The lowest BCUT2D eigenvalue weighted by molar-refractivity contribution is -0.116. The molecule has 3 aromatic rings. The summed E-state index contributed by atoms with van der Waals surface area (Å²) in [6.45, 7) is 5.92. The number of para-hydroxylation sites is 1. The van der Waals surface area contributed by atoms with Crippen LogP contribution in [-0.4, -0.2) is 16.6 Å². The molecule has 1 heterocycles. The van der Waals surface area contributed by atoms with Gasteiger partial charge < -0.3 is 14.6 Å². The summed E-state index contributed by atoms with van der Waals surface area (Å²) in [6.07, 6.45) is 2.54. The smallest absolute Gasteiger partial charge is 0.258 e. The van der Waals surface area contributed by atoms with Crippen molar-refractivity contribution in [2.24, 2.45) is 0 Å². The lowest BCUT2D eigenvalue weighted by atomic mass is 10.1. The van der Waals surface area contributed by atoms with Gasteiger partial charge in [-0.2, -0.15) is 0 Å². The molecule has 1 amide bonds. The normalized spacial score (nSPS) is 11.0. The van der Waals surface area contributed by atoms with E-state index in [0.717, 1.165) is 28.8 Å². The number of hydrogen-bond donors (Lipinski definition) is 1. The predicted octanol–water partition coefficient (Wildman–Crippen LogP) is 3.99. The van der Waals surface area contributed by atoms with Crippen LogP contribution in [0.15, 0.2) is 59.5 Å². The van der Waals surface area contributed by atoms with Crippen LogP contribution in [0.3, 0.4) is 0 Å². The van der Waals surface area contributed by atoms with Crippen LogP contribution in [-0.2, 0) is 17.8 Å².